The number of nitrogen functional groups attached to an aromatic ring is 1. The summed E-state index contributed by atoms with van der Waals surface area (Å²) in [7, 11) is 2.10. The number of aromatic nitrogens is 1. The maximum Gasteiger partial charge on any atom is 0.223 e. The van der Waals surface area contributed by atoms with Crippen molar-refractivity contribution in [1.29, 1.82) is 0 Å². The number of ether oxygens (including phenoxy) is 1. The number of nitrogens with two attached hydrogens (primary N) is 1. The van der Waals surface area contributed by atoms with Gasteiger partial charge in [0.2, 0.25) is 5.91 Å². The predicted octanol–water partition coefficient (Wildman–Crippen LogP) is 2.74. The highest BCUT2D eigenvalue weighted by molar-refractivity contribution is 5.95. The van der Waals surface area contributed by atoms with E-state index in [-0.39, 0.29) is 11.8 Å². The molecule has 2 aromatic rings. The van der Waals surface area contributed by atoms with E-state index in [1.807, 2.05) is 45.0 Å². The minimum Gasteiger partial charge on any atom is -0.490 e. The van der Waals surface area contributed by atoms with Crippen molar-refractivity contribution in [2.75, 3.05) is 32.5 Å². The summed E-state index contributed by atoms with van der Waals surface area (Å²) in [5.41, 5.74) is 8.07. The Balaban J connectivity index is 1.67. The van der Waals surface area contributed by atoms with Crippen LogP contribution in [0, 0.1) is 12.8 Å². The molecular formula is C21H30N4O2. The van der Waals surface area contributed by atoms with E-state index in [1.165, 1.54) is 0 Å². The second kappa shape index (κ2) is 7.72. The van der Waals surface area contributed by atoms with Gasteiger partial charge in [-0.25, -0.2) is 0 Å². The van der Waals surface area contributed by atoms with Crippen LogP contribution in [0.2, 0.25) is 0 Å². The van der Waals surface area contributed by atoms with E-state index in [4.69, 9.17) is 10.5 Å². The van der Waals surface area contributed by atoms with Crippen LogP contribution in [0.15, 0.2) is 24.3 Å². The predicted molar refractivity (Wildman–Crippen MR) is 109 cm³/mol. The molecule has 1 fully saturated rings. The number of likely N-dealkylation sites (tertiary alicyclic amines) is 1. The molecule has 0 aliphatic carbocycles. The first-order valence-electron chi connectivity index (χ1n) is 9.54. The molecule has 0 spiro atoms. The van der Waals surface area contributed by atoms with Crippen LogP contribution in [0.1, 0.15) is 32.4 Å². The fourth-order valence-electron chi connectivity index (χ4n) is 3.54. The zero-order chi connectivity index (χ0) is 19.6. The van der Waals surface area contributed by atoms with Crippen LogP contribution in [0.25, 0.3) is 10.9 Å². The number of hydrogen-bond acceptors (Lipinski definition) is 5. The van der Waals surface area contributed by atoms with E-state index in [9.17, 15) is 4.79 Å². The van der Waals surface area contributed by atoms with Crippen LogP contribution in [-0.2, 0) is 4.79 Å². The third-order valence-electron chi connectivity index (χ3n) is 5.09. The summed E-state index contributed by atoms with van der Waals surface area (Å²) in [6, 6.07) is 7.58. The van der Waals surface area contributed by atoms with Crippen molar-refractivity contribution in [3.05, 3.63) is 30.0 Å². The third-order valence-corrected chi connectivity index (χ3v) is 5.09. The van der Waals surface area contributed by atoms with Crippen molar-refractivity contribution in [3.63, 3.8) is 0 Å². The minimum absolute atomic E-state index is 0.0841. The molecule has 1 aromatic carbocycles. The summed E-state index contributed by atoms with van der Waals surface area (Å²) >= 11 is 0. The van der Waals surface area contributed by atoms with Gasteiger partial charge in [0.1, 0.15) is 12.4 Å². The van der Waals surface area contributed by atoms with Gasteiger partial charge >= 0.3 is 0 Å². The molecule has 1 aliphatic rings. The van der Waals surface area contributed by atoms with Crippen molar-refractivity contribution in [2.45, 2.75) is 39.2 Å². The van der Waals surface area contributed by atoms with E-state index in [2.05, 4.69) is 22.2 Å². The Hall–Kier alpha value is -2.34. The molecule has 6 nitrogen and oxygen atoms in total. The van der Waals surface area contributed by atoms with Crippen molar-refractivity contribution >= 4 is 22.5 Å². The highest BCUT2D eigenvalue weighted by atomic mass is 16.5. The van der Waals surface area contributed by atoms with E-state index < -0.39 is 5.54 Å². The highest BCUT2D eigenvalue weighted by Crippen LogP contribution is 2.30. The first-order valence-corrected chi connectivity index (χ1v) is 9.54. The maximum absolute atomic E-state index is 12.6. The molecule has 0 unspecified atom stereocenters. The van der Waals surface area contributed by atoms with Gasteiger partial charge in [-0.15, -0.1) is 0 Å². The molecule has 1 amide bonds. The number of fused-ring (bicyclic) bond motifs is 1. The number of rotatable bonds is 5. The van der Waals surface area contributed by atoms with Gasteiger partial charge < -0.3 is 20.7 Å². The molecule has 0 atom stereocenters. The summed E-state index contributed by atoms with van der Waals surface area (Å²) in [5.74, 6) is 0.895. The quantitative estimate of drug-likeness (QED) is 0.846. The number of carbonyl (C=O) groups excluding carboxylic acids is 1. The van der Waals surface area contributed by atoms with E-state index in [0.29, 0.717) is 18.0 Å². The first-order chi connectivity index (χ1) is 12.7. The molecular weight excluding hydrogens is 340 g/mol. The molecule has 3 N–H and O–H groups in total. The van der Waals surface area contributed by atoms with Gasteiger partial charge in [-0.2, -0.15) is 0 Å². The van der Waals surface area contributed by atoms with Crippen LogP contribution < -0.4 is 15.8 Å². The molecule has 0 saturated carbocycles. The smallest absolute Gasteiger partial charge is 0.223 e. The van der Waals surface area contributed by atoms with Crippen LogP contribution >= 0.6 is 0 Å². The van der Waals surface area contributed by atoms with Gasteiger partial charge in [-0.1, -0.05) is 6.07 Å². The number of anilines is 1. The number of hydrogen-bond donors (Lipinski definition) is 2. The molecule has 1 aliphatic heterocycles. The van der Waals surface area contributed by atoms with Crippen LogP contribution in [0.4, 0.5) is 5.69 Å². The van der Waals surface area contributed by atoms with Gasteiger partial charge in [0, 0.05) is 17.3 Å². The standard InChI is InChI=1S/C21H30N4O2/c1-14-12-16(22)19-17(23-14)6-5-7-18(19)27-13-21(2,3)24-20(26)15-8-10-25(4)11-9-15/h5-7,12,15H,8-11,13H2,1-4H3,(H2,22,23)(H,24,26). The molecule has 1 saturated heterocycles. The lowest BCUT2D eigenvalue weighted by Gasteiger charge is -2.32. The number of nitrogens with one attached hydrogen (secondary N) is 1. The SMILES string of the molecule is Cc1cc(N)c2c(OCC(C)(C)NC(=O)C3CCN(C)CC3)cccc2n1. The van der Waals surface area contributed by atoms with Crippen molar-refractivity contribution in [1.82, 2.24) is 15.2 Å². The zero-order valence-electron chi connectivity index (χ0n) is 16.7. The minimum atomic E-state index is -0.477. The second-order valence-corrected chi connectivity index (χ2v) is 8.24. The number of pyridine rings is 1. The lowest BCUT2D eigenvalue weighted by Crippen LogP contribution is -2.51. The average Bonchev–Trinajstić information content (AvgIpc) is 2.59. The number of amides is 1. The summed E-state index contributed by atoms with van der Waals surface area (Å²) in [4.78, 5) is 19.4. The first kappa shape index (κ1) is 19.4. The van der Waals surface area contributed by atoms with Crippen LogP contribution in [0.5, 0.6) is 5.75 Å². The van der Waals surface area contributed by atoms with Crippen LogP contribution in [-0.4, -0.2) is 48.1 Å². The number of carbonyl (C=O) groups is 1. The van der Waals surface area contributed by atoms with Gasteiger partial charge in [-0.05, 0) is 71.9 Å². The molecule has 2 heterocycles. The summed E-state index contributed by atoms with van der Waals surface area (Å²) in [5, 5.41) is 3.97. The third kappa shape index (κ3) is 4.69. The van der Waals surface area contributed by atoms with Gasteiger partial charge in [-0.3, -0.25) is 9.78 Å². The Bertz CT molecular complexity index is 826. The Labute approximate surface area is 161 Å². The number of nitrogens with zero attached hydrogens (tertiary/aromatic N) is 2. The number of piperidine rings is 1. The summed E-state index contributed by atoms with van der Waals surface area (Å²) < 4.78 is 6.07. The maximum atomic E-state index is 12.6. The Morgan fingerprint density at radius 3 is 2.78 bits per heavy atom. The molecule has 1 aromatic heterocycles. The lowest BCUT2D eigenvalue weighted by atomic mass is 9.94. The Morgan fingerprint density at radius 2 is 2.07 bits per heavy atom. The summed E-state index contributed by atoms with van der Waals surface area (Å²) in [6.07, 6.45) is 1.81. The largest absolute Gasteiger partial charge is 0.490 e. The Kier molecular flexibility index (Phi) is 5.56. The molecule has 6 heteroatoms. The van der Waals surface area contributed by atoms with Gasteiger partial charge in [0.15, 0.2) is 0 Å². The zero-order valence-corrected chi connectivity index (χ0v) is 16.7. The van der Waals surface area contributed by atoms with E-state index in [1.54, 1.807) is 0 Å². The average molecular weight is 370 g/mol. The molecule has 0 radical (unpaired) electrons. The monoisotopic (exact) mass is 370 g/mol. The fraction of sp³-hybridized carbons (Fsp3) is 0.524. The Morgan fingerprint density at radius 1 is 1.37 bits per heavy atom. The van der Waals surface area contributed by atoms with Crippen molar-refractivity contribution in [3.8, 4) is 5.75 Å². The molecule has 0 bridgehead atoms. The van der Waals surface area contributed by atoms with Crippen molar-refractivity contribution < 1.29 is 9.53 Å². The number of benzene rings is 1. The topological polar surface area (TPSA) is 80.5 Å². The normalized spacial score (nSPS) is 16.4. The molecule has 146 valence electrons. The van der Waals surface area contributed by atoms with Gasteiger partial charge in [0.25, 0.3) is 0 Å². The van der Waals surface area contributed by atoms with Gasteiger partial charge in [0.05, 0.1) is 16.4 Å². The number of aryl methyl sites for hydroxylation is 1. The fourth-order valence-corrected chi connectivity index (χ4v) is 3.54. The van der Waals surface area contributed by atoms with E-state index in [0.717, 1.165) is 42.5 Å². The van der Waals surface area contributed by atoms with E-state index >= 15 is 0 Å². The van der Waals surface area contributed by atoms with Crippen molar-refractivity contribution in [2.24, 2.45) is 5.92 Å². The molecule has 27 heavy (non-hydrogen) atoms. The second-order valence-electron chi connectivity index (χ2n) is 8.24. The highest BCUT2D eigenvalue weighted by Gasteiger charge is 2.29. The lowest BCUT2D eigenvalue weighted by molar-refractivity contribution is -0.128. The van der Waals surface area contributed by atoms with Crippen LogP contribution in [0.3, 0.4) is 0 Å². The molecule has 3 rings (SSSR count). The summed E-state index contributed by atoms with van der Waals surface area (Å²) in [6.45, 7) is 8.18.